The zero-order chi connectivity index (χ0) is 10.7. The molecule has 1 aliphatic rings. The summed E-state index contributed by atoms with van der Waals surface area (Å²) in [5, 5.41) is 9.31. The van der Waals surface area contributed by atoms with Crippen LogP contribution < -0.4 is 0 Å². The summed E-state index contributed by atoms with van der Waals surface area (Å²) in [6.07, 6.45) is 0.733. The second-order valence-electron chi connectivity index (χ2n) is 3.24. The summed E-state index contributed by atoms with van der Waals surface area (Å²) in [6.45, 7) is 3.47. The van der Waals surface area contributed by atoms with Crippen LogP contribution in [0.5, 0.6) is 0 Å². The third-order valence-corrected chi connectivity index (χ3v) is 2.22. The monoisotopic (exact) mass is 199 g/mol. The first kappa shape index (κ1) is 11.0. The van der Waals surface area contributed by atoms with Gasteiger partial charge in [0.1, 0.15) is 6.04 Å². The van der Waals surface area contributed by atoms with E-state index < -0.39 is 19.1 Å². The van der Waals surface area contributed by atoms with Crippen molar-refractivity contribution in [2.75, 3.05) is 6.61 Å². The molecule has 0 aromatic heterocycles. The Morgan fingerprint density at radius 2 is 2.43 bits per heavy atom. The van der Waals surface area contributed by atoms with E-state index in [0.29, 0.717) is 12.8 Å². The van der Waals surface area contributed by atoms with Crippen molar-refractivity contribution in [1.29, 1.82) is 0 Å². The Kier molecular flexibility index (Phi) is 3.52. The quantitative estimate of drug-likeness (QED) is 0.498. The molecule has 1 fully saturated rings. The van der Waals surface area contributed by atoms with Crippen LogP contribution in [0.4, 0.5) is 0 Å². The number of hydrogen-bond donors (Lipinski definition) is 1. The molecule has 5 nitrogen and oxygen atoms in total. The lowest BCUT2D eigenvalue weighted by Crippen LogP contribution is -2.47. The normalized spacial score (nSPS) is 21.2. The highest BCUT2D eigenvalue weighted by Crippen LogP contribution is 2.20. The molecule has 6 heteroatoms. The fourth-order valence-corrected chi connectivity index (χ4v) is 1.64. The van der Waals surface area contributed by atoms with Crippen molar-refractivity contribution in [2.45, 2.75) is 32.6 Å². The fraction of sp³-hybridized carbons (Fsp3) is 0.750. The summed E-state index contributed by atoms with van der Waals surface area (Å²) in [6, 6.07) is -0.609. The van der Waals surface area contributed by atoms with Gasteiger partial charge in [-0.3, -0.25) is 4.79 Å². The van der Waals surface area contributed by atoms with Gasteiger partial charge in [-0.2, -0.15) is 0 Å². The van der Waals surface area contributed by atoms with E-state index in [1.54, 1.807) is 6.92 Å². The van der Waals surface area contributed by atoms with Crippen LogP contribution in [-0.4, -0.2) is 41.4 Å². The summed E-state index contributed by atoms with van der Waals surface area (Å²) in [5.74, 6) is -0.627. The van der Waals surface area contributed by atoms with Crippen molar-refractivity contribution in [2.24, 2.45) is 0 Å². The molecular weight excluding hydrogens is 185 g/mol. The number of carbonyl (C=O) groups excluding carboxylic acids is 2. The standard InChI is InChI=1S/C8H14BNO4/c1-3-14-8(12)6-4-5-7(11)10(6)9(2)13/h6,13H,3-5H2,1-2H3/t6-/m1/s1. The number of carbonyl (C=O) groups is 2. The minimum absolute atomic E-state index is 0.196. The molecule has 1 amide bonds. The van der Waals surface area contributed by atoms with Gasteiger partial charge in [-0.25, -0.2) is 4.79 Å². The maximum atomic E-state index is 11.4. The van der Waals surface area contributed by atoms with Gasteiger partial charge < -0.3 is 14.6 Å². The third-order valence-electron chi connectivity index (χ3n) is 2.22. The molecule has 1 rings (SSSR count). The van der Waals surface area contributed by atoms with E-state index >= 15 is 0 Å². The highest BCUT2D eigenvalue weighted by molar-refractivity contribution is 6.49. The fourth-order valence-electron chi connectivity index (χ4n) is 1.64. The molecule has 1 N–H and O–H groups in total. The van der Waals surface area contributed by atoms with Crippen molar-refractivity contribution in [3.8, 4) is 0 Å². The number of nitrogens with zero attached hydrogens (tertiary/aromatic N) is 1. The Hall–Kier alpha value is -1.04. The Morgan fingerprint density at radius 1 is 1.79 bits per heavy atom. The highest BCUT2D eigenvalue weighted by Gasteiger charge is 2.40. The molecule has 0 aliphatic carbocycles. The Labute approximate surface area is 83.2 Å². The summed E-state index contributed by atoms with van der Waals surface area (Å²) < 4.78 is 4.81. The van der Waals surface area contributed by atoms with Crippen LogP contribution in [0.3, 0.4) is 0 Å². The molecule has 1 aliphatic heterocycles. The molecule has 1 saturated heterocycles. The molecular formula is C8H14BNO4. The van der Waals surface area contributed by atoms with Gasteiger partial charge in [0.15, 0.2) is 0 Å². The smallest absolute Gasteiger partial charge is 0.412 e. The van der Waals surface area contributed by atoms with E-state index in [2.05, 4.69) is 0 Å². The molecule has 0 spiro atoms. The zero-order valence-electron chi connectivity index (χ0n) is 8.40. The Morgan fingerprint density at radius 3 is 2.93 bits per heavy atom. The van der Waals surface area contributed by atoms with E-state index in [-0.39, 0.29) is 12.5 Å². The molecule has 78 valence electrons. The van der Waals surface area contributed by atoms with Crippen LogP contribution in [0.15, 0.2) is 0 Å². The van der Waals surface area contributed by atoms with Gasteiger partial charge in [0.05, 0.1) is 6.61 Å². The highest BCUT2D eigenvalue weighted by atomic mass is 16.5. The van der Waals surface area contributed by atoms with Crippen LogP contribution in [-0.2, 0) is 14.3 Å². The van der Waals surface area contributed by atoms with E-state index in [4.69, 9.17) is 4.74 Å². The van der Waals surface area contributed by atoms with Crippen molar-refractivity contribution in [1.82, 2.24) is 4.81 Å². The first-order chi connectivity index (χ1) is 6.57. The molecule has 0 radical (unpaired) electrons. The van der Waals surface area contributed by atoms with E-state index in [9.17, 15) is 14.6 Å². The SMILES string of the molecule is CCOC(=O)[C@H]1CCC(=O)N1B(C)O. The van der Waals surface area contributed by atoms with Crippen molar-refractivity contribution >= 4 is 18.9 Å². The molecule has 0 bridgehead atoms. The Bertz CT molecular complexity index is 243. The predicted octanol–water partition coefficient (Wildman–Crippen LogP) is -0.349. The number of rotatable bonds is 3. The van der Waals surface area contributed by atoms with Crippen molar-refractivity contribution < 1.29 is 19.3 Å². The largest absolute Gasteiger partial charge is 0.464 e. The predicted molar refractivity (Wildman–Crippen MR) is 50.3 cm³/mol. The number of amides is 1. The molecule has 1 heterocycles. The second kappa shape index (κ2) is 4.46. The first-order valence-electron chi connectivity index (χ1n) is 4.73. The average molecular weight is 199 g/mol. The maximum Gasteiger partial charge on any atom is 0.412 e. The molecule has 0 aromatic carbocycles. The average Bonchev–Trinajstić information content (AvgIpc) is 2.47. The van der Waals surface area contributed by atoms with Gasteiger partial charge in [0.25, 0.3) is 0 Å². The number of esters is 1. The lowest BCUT2D eigenvalue weighted by atomic mass is 9.84. The summed E-state index contributed by atoms with van der Waals surface area (Å²) in [4.78, 5) is 23.9. The molecule has 1 atom stereocenters. The third kappa shape index (κ3) is 2.06. The topological polar surface area (TPSA) is 66.8 Å². The molecule has 0 saturated carbocycles. The van der Waals surface area contributed by atoms with Crippen LogP contribution in [0, 0.1) is 0 Å². The second-order valence-corrected chi connectivity index (χ2v) is 3.24. The van der Waals surface area contributed by atoms with Gasteiger partial charge in [-0.1, -0.05) is 0 Å². The van der Waals surface area contributed by atoms with Gasteiger partial charge in [-0.15, -0.1) is 0 Å². The summed E-state index contributed by atoms with van der Waals surface area (Å²) >= 11 is 0. The molecule has 0 aromatic rings. The van der Waals surface area contributed by atoms with Crippen LogP contribution in [0.25, 0.3) is 0 Å². The van der Waals surface area contributed by atoms with E-state index in [1.807, 2.05) is 0 Å². The van der Waals surface area contributed by atoms with Crippen molar-refractivity contribution in [3.05, 3.63) is 0 Å². The minimum atomic E-state index is -0.931. The lowest BCUT2D eigenvalue weighted by Gasteiger charge is -2.23. The number of ether oxygens (including phenoxy) is 1. The molecule has 0 unspecified atom stereocenters. The summed E-state index contributed by atoms with van der Waals surface area (Å²) in [5.41, 5.74) is 0. The van der Waals surface area contributed by atoms with Gasteiger partial charge in [0.2, 0.25) is 5.91 Å². The van der Waals surface area contributed by atoms with E-state index in [1.165, 1.54) is 11.6 Å². The lowest BCUT2D eigenvalue weighted by molar-refractivity contribution is -0.149. The van der Waals surface area contributed by atoms with Gasteiger partial charge in [0, 0.05) is 6.42 Å². The zero-order valence-corrected chi connectivity index (χ0v) is 8.40. The number of hydrogen-bond acceptors (Lipinski definition) is 4. The first-order valence-corrected chi connectivity index (χ1v) is 4.73. The van der Waals surface area contributed by atoms with Crippen LogP contribution >= 0.6 is 0 Å². The van der Waals surface area contributed by atoms with Gasteiger partial charge in [-0.05, 0) is 20.2 Å². The minimum Gasteiger partial charge on any atom is -0.464 e. The van der Waals surface area contributed by atoms with Gasteiger partial charge >= 0.3 is 13.0 Å². The van der Waals surface area contributed by atoms with E-state index in [0.717, 1.165) is 0 Å². The molecule has 14 heavy (non-hydrogen) atoms. The van der Waals surface area contributed by atoms with Crippen molar-refractivity contribution in [3.63, 3.8) is 0 Å². The van der Waals surface area contributed by atoms with Crippen LogP contribution in [0.1, 0.15) is 19.8 Å². The van der Waals surface area contributed by atoms with Crippen LogP contribution in [0.2, 0.25) is 6.82 Å². The summed E-state index contributed by atoms with van der Waals surface area (Å²) in [7, 11) is -0.931. The Balaban J connectivity index is 2.69. The maximum absolute atomic E-state index is 11.4.